The number of fused-ring (bicyclic) bond motifs is 1. The van der Waals surface area contributed by atoms with Crippen molar-refractivity contribution in [1.82, 2.24) is 10.2 Å². The molecule has 2 aromatic carbocycles. The van der Waals surface area contributed by atoms with E-state index in [1.165, 1.54) is 18.0 Å². The van der Waals surface area contributed by atoms with Crippen LogP contribution in [0.3, 0.4) is 0 Å². The Balaban J connectivity index is 0.00000324. The first-order valence-electron chi connectivity index (χ1n) is 10.3. The summed E-state index contributed by atoms with van der Waals surface area (Å²) in [6, 6.07) is 12.8. The topological polar surface area (TPSA) is 84.7 Å². The predicted molar refractivity (Wildman–Crippen MR) is 135 cm³/mol. The first-order valence-corrected chi connectivity index (χ1v) is 11.7. The fourth-order valence-electron chi connectivity index (χ4n) is 3.72. The molecule has 4 rings (SSSR count). The summed E-state index contributed by atoms with van der Waals surface area (Å²) in [5, 5.41) is 3.35. The van der Waals surface area contributed by atoms with Crippen molar-refractivity contribution < 1.29 is 18.7 Å². The standard InChI is InChI=1S/C24H23ClFN3O3S.ClH/c1-32-17-8-4-14(5-9-17)10-28-24(31)18-12-29(11-15-2-6-16(25)7-3-15)21-22(30)19(27)13-33-23(21)20(18)26;/h2-9,12,19,21H,10-11,13,27H2,1H3,(H,28,31);1H/t19-,21?;/m0./s1. The molecule has 1 fully saturated rings. The van der Waals surface area contributed by atoms with E-state index in [0.717, 1.165) is 11.1 Å². The van der Waals surface area contributed by atoms with Gasteiger partial charge in [0.25, 0.3) is 5.91 Å². The molecular formula is C24H24Cl2FN3O3S. The summed E-state index contributed by atoms with van der Waals surface area (Å²) in [6.07, 6.45) is 1.41. The van der Waals surface area contributed by atoms with Crippen LogP contribution >= 0.6 is 35.8 Å². The fraction of sp³-hybridized carbons (Fsp3) is 0.250. The molecule has 6 nitrogen and oxygen atoms in total. The molecule has 2 aliphatic rings. The molecule has 2 heterocycles. The highest BCUT2D eigenvalue weighted by molar-refractivity contribution is 8.03. The second-order valence-electron chi connectivity index (χ2n) is 7.77. The SMILES string of the molecule is COc1ccc(CNC(=O)C2=CN(Cc3ccc(Cl)cc3)C3C(=O)[C@@H](N)CSC3=C2F)cc1.Cl. The summed E-state index contributed by atoms with van der Waals surface area (Å²) in [6.45, 7) is 0.521. The number of ether oxygens (including phenoxy) is 1. The van der Waals surface area contributed by atoms with Gasteiger partial charge in [-0.1, -0.05) is 35.9 Å². The van der Waals surface area contributed by atoms with Crippen LogP contribution in [0.2, 0.25) is 5.02 Å². The molecule has 0 aromatic heterocycles. The number of nitrogens with one attached hydrogen (secondary N) is 1. The third-order valence-corrected chi connectivity index (χ3v) is 7.01. The Morgan fingerprint density at radius 1 is 1.21 bits per heavy atom. The van der Waals surface area contributed by atoms with E-state index in [2.05, 4.69) is 5.32 Å². The van der Waals surface area contributed by atoms with Crippen LogP contribution in [-0.4, -0.2) is 41.5 Å². The highest BCUT2D eigenvalue weighted by atomic mass is 35.5. The van der Waals surface area contributed by atoms with Crippen molar-refractivity contribution in [3.05, 3.63) is 87.2 Å². The number of nitrogens with zero attached hydrogens (tertiary/aromatic N) is 1. The van der Waals surface area contributed by atoms with Crippen molar-refractivity contribution in [2.75, 3.05) is 12.9 Å². The fourth-order valence-corrected chi connectivity index (χ4v) is 5.01. The third-order valence-electron chi connectivity index (χ3n) is 5.52. The lowest BCUT2D eigenvalue weighted by Crippen LogP contribution is -2.52. The largest absolute Gasteiger partial charge is 0.497 e. The van der Waals surface area contributed by atoms with Gasteiger partial charge in [-0.3, -0.25) is 9.59 Å². The summed E-state index contributed by atoms with van der Waals surface area (Å²) in [5.41, 5.74) is 7.57. The minimum atomic E-state index is -0.854. The number of rotatable bonds is 6. The Kier molecular flexibility index (Phi) is 8.65. The summed E-state index contributed by atoms with van der Waals surface area (Å²) >= 11 is 7.16. The molecule has 1 amide bonds. The van der Waals surface area contributed by atoms with E-state index in [-0.39, 0.29) is 41.0 Å². The summed E-state index contributed by atoms with van der Waals surface area (Å²) in [7, 11) is 1.58. The number of nitrogens with two attached hydrogens (primary N) is 1. The van der Waals surface area contributed by atoms with E-state index in [9.17, 15) is 9.59 Å². The molecule has 0 spiro atoms. The third kappa shape index (κ3) is 5.58. The second kappa shape index (κ2) is 11.3. The number of hydrogen-bond donors (Lipinski definition) is 2. The van der Waals surface area contributed by atoms with Crippen molar-refractivity contribution >= 4 is 47.5 Å². The first kappa shape index (κ1) is 26.1. The maximum atomic E-state index is 15.4. The van der Waals surface area contributed by atoms with Crippen LogP contribution in [-0.2, 0) is 22.7 Å². The van der Waals surface area contributed by atoms with Gasteiger partial charge in [0.2, 0.25) is 0 Å². The molecule has 0 bridgehead atoms. The maximum absolute atomic E-state index is 15.4. The van der Waals surface area contributed by atoms with Gasteiger partial charge in [0.1, 0.15) is 17.6 Å². The van der Waals surface area contributed by atoms with Crippen molar-refractivity contribution in [3.63, 3.8) is 0 Å². The Morgan fingerprint density at radius 3 is 2.50 bits per heavy atom. The van der Waals surface area contributed by atoms with E-state index in [1.54, 1.807) is 36.3 Å². The molecule has 10 heteroatoms. The van der Waals surface area contributed by atoms with Crippen molar-refractivity contribution in [2.45, 2.75) is 25.2 Å². The van der Waals surface area contributed by atoms with Gasteiger partial charge >= 0.3 is 0 Å². The monoisotopic (exact) mass is 523 g/mol. The molecular weight excluding hydrogens is 500 g/mol. The van der Waals surface area contributed by atoms with Crippen molar-refractivity contribution in [2.24, 2.45) is 5.73 Å². The molecule has 2 aliphatic heterocycles. The van der Waals surface area contributed by atoms with E-state index >= 15 is 4.39 Å². The molecule has 34 heavy (non-hydrogen) atoms. The van der Waals surface area contributed by atoms with Gasteiger partial charge in [-0.05, 0) is 35.4 Å². The van der Waals surface area contributed by atoms with E-state index in [4.69, 9.17) is 22.1 Å². The number of amides is 1. The van der Waals surface area contributed by atoms with Crippen molar-refractivity contribution in [1.29, 1.82) is 0 Å². The van der Waals surface area contributed by atoms with Gasteiger partial charge in [-0.15, -0.1) is 24.2 Å². The number of halogens is 3. The first-order chi connectivity index (χ1) is 15.9. The Bertz CT molecular complexity index is 1120. The minimum absolute atomic E-state index is 0. The van der Waals surface area contributed by atoms with Crippen LogP contribution in [0, 0.1) is 0 Å². The van der Waals surface area contributed by atoms with Crippen molar-refractivity contribution in [3.8, 4) is 5.75 Å². The number of Topliss-reactive ketones (excluding diaryl/α,β-unsaturated/α-hetero) is 1. The Labute approximate surface area is 212 Å². The number of ketones is 1. The highest BCUT2D eigenvalue weighted by Gasteiger charge is 2.42. The van der Waals surface area contributed by atoms with Crippen LogP contribution in [0.15, 0.2) is 71.0 Å². The van der Waals surface area contributed by atoms with Crippen LogP contribution in [0.5, 0.6) is 5.75 Å². The van der Waals surface area contributed by atoms with E-state index in [0.29, 0.717) is 17.3 Å². The lowest BCUT2D eigenvalue weighted by molar-refractivity contribution is -0.124. The van der Waals surface area contributed by atoms with E-state index < -0.39 is 23.8 Å². The summed E-state index contributed by atoms with van der Waals surface area (Å²) in [4.78, 5) is 27.7. The summed E-state index contributed by atoms with van der Waals surface area (Å²) in [5.74, 6) is -0.518. The lowest BCUT2D eigenvalue weighted by atomic mass is 9.98. The number of carbonyl (C=O) groups excluding carboxylic acids is 2. The maximum Gasteiger partial charge on any atom is 0.256 e. The molecule has 3 N–H and O–H groups in total. The summed E-state index contributed by atoms with van der Waals surface area (Å²) < 4.78 is 20.5. The zero-order chi connectivity index (χ0) is 23.5. The highest BCUT2D eigenvalue weighted by Crippen LogP contribution is 2.40. The second-order valence-corrected chi connectivity index (χ2v) is 9.27. The zero-order valence-corrected chi connectivity index (χ0v) is 20.7. The van der Waals surface area contributed by atoms with Gasteiger partial charge in [0.05, 0.1) is 23.6 Å². The average molecular weight is 524 g/mol. The van der Waals surface area contributed by atoms with Gasteiger partial charge in [-0.2, -0.15) is 0 Å². The molecule has 1 unspecified atom stereocenters. The number of benzene rings is 2. The van der Waals surface area contributed by atoms with Gasteiger partial charge in [0.15, 0.2) is 5.78 Å². The molecule has 2 atom stereocenters. The average Bonchev–Trinajstić information content (AvgIpc) is 2.83. The molecule has 180 valence electrons. The number of carbonyl (C=O) groups is 2. The van der Waals surface area contributed by atoms with Crippen LogP contribution in [0.4, 0.5) is 4.39 Å². The van der Waals surface area contributed by atoms with Gasteiger partial charge in [-0.25, -0.2) is 4.39 Å². The Hall–Kier alpha value is -2.52. The van der Waals surface area contributed by atoms with Crippen LogP contribution in [0.25, 0.3) is 0 Å². The van der Waals surface area contributed by atoms with Gasteiger partial charge < -0.3 is 20.7 Å². The number of hydrogen-bond acceptors (Lipinski definition) is 6. The minimum Gasteiger partial charge on any atom is -0.497 e. The molecule has 0 aliphatic carbocycles. The molecule has 0 saturated carbocycles. The molecule has 0 radical (unpaired) electrons. The molecule has 1 saturated heterocycles. The normalized spacial score (nSPS) is 19.7. The quantitative estimate of drug-likeness (QED) is 0.595. The van der Waals surface area contributed by atoms with E-state index in [1.807, 2.05) is 24.3 Å². The predicted octanol–water partition coefficient (Wildman–Crippen LogP) is 3.98. The van der Waals surface area contributed by atoms with Crippen LogP contribution in [0.1, 0.15) is 11.1 Å². The number of methoxy groups -OCH3 is 1. The smallest absolute Gasteiger partial charge is 0.256 e. The zero-order valence-electron chi connectivity index (χ0n) is 18.3. The Morgan fingerprint density at radius 2 is 1.85 bits per heavy atom. The number of thioether (sulfide) groups is 1. The van der Waals surface area contributed by atoms with Gasteiger partial charge in [0, 0.05) is 30.1 Å². The van der Waals surface area contributed by atoms with Crippen LogP contribution < -0.4 is 15.8 Å². The lowest BCUT2D eigenvalue weighted by Gasteiger charge is -2.39. The molecule has 2 aromatic rings.